The minimum absolute atomic E-state index is 0.544. The van der Waals surface area contributed by atoms with Crippen molar-refractivity contribution in [3.05, 3.63) is 39.9 Å². The van der Waals surface area contributed by atoms with Crippen molar-refractivity contribution in [3.8, 4) is 0 Å². The minimum Gasteiger partial charge on any atom is -0.711 e. The number of aromatic nitrogens is 2. The second kappa shape index (κ2) is 3.66. The van der Waals surface area contributed by atoms with E-state index in [1.54, 1.807) is 19.1 Å². The molecular formula is C11H11ClN2O. The fraction of sp³-hybridized carbons (Fsp3) is 0.273. The number of fused-ring (bicyclic) bond motifs is 1. The van der Waals surface area contributed by atoms with Crippen molar-refractivity contribution in [3.63, 3.8) is 0 Å². The summed E-state index contributed by atoms with van der Waals surface area (Å²) in [6.07, 6.45) is 0.628. The fourth-order valence-electron chi connectivity index (χ4n) is 1.61. The molecule has 1 aromatic heterocycles. The Morgan fingerprint density at radius 2 is 2.20 bits per heavy atom. The molecule has 0 aliphatic rings. The van der Waals surface area contributed by atoms with Crippen LogP contribution in [0.15, 0.2) is 18.2 Å². The lowest BCUT2D eigenvalue weighted by molar-refractivity contribution is -0.622. The molecule has 0 saturated heterocycles. The number of aryl methyl sites for hydroxylation is 2. The van der Waals surface area contributed by atoms with Gasteiger partial charge in [0.2, 0.25) is 0 Å². The molecule has 78 valence electrons. The Balaban J connectivity index is 2.84. The van der Waals surface area contributed by atoms with Crippen LogP contribution in [0.3, 0.4) is 0 Å². The van der Waals surface area contributed by atoms with Crippen LogP contribution in [0.4, 0.5) is 0 Å². The van der Waals surface area contributed by atoms with Gasteiger partial charge in [-0.05, 0) is 30.1 Å². The largest absolute Gasteiger partial charge is 0.711 e. The topological polar surface area (TPSA) is 39.8 Å². The monoisotopic (exact) mass is 222 g/mol. The third kappa shape index (κ3) is 1.63. The van der Waals surface area contributed by atoms with Gasteiger partial charge in [0.15, 0.2) is 5.52 Å². The molecule has 2 aromatic rings. The van der Waals surface area contributed by atoms with Crippen molar-refractivity contribution in [2.24, 2.45) is 0 Å². The molecule has 0 bridgehead atoms. The number of halogens is 1. The first kappa shape index (κ1) is 10.2. The Bertz CT molecular complexity index is 525. The van der Waals surface area contributed by atoms with E-state index in [-0.39, 0.29) is 0 Å². The molecule has 0 spiro atoms. The second-order valence-corrected chi connectivity index (χ2v) is 3.86. The van der Waals surface area contributed by atoms with Gasteiger partial charge in [0.1, 0.15) is 5.69 Å². The highest BCUT2D eigenvalue weighted by Crippen LogP contribution is 2.19. The van der Waals surface area contributed by atoms with Crippen LogP contribution in [-0.4, -0.2) is 4.98 Å². The van der Waals surface area contributed by atoms with Crippen molar-refractivity contribution in [2.45, 2.75) is 20.3 Å². The van der Waals surface area contributed by atoms with Crippen LogP contribution in [0.1, 0.15) is 18.4 Å². The molecule has 1 aromatic carbocycles. The summed E-state index contributed by atoms with van der Waals surface area (Å²) in [5.41, 5.74) is 1.47. The van der Waals surface area contributed by atoms with E-state index in [0.717, 1.165) is 15.6 Å². The number of rotatable bonds is 1. The molecule has 2 rings (SSSR count). The lowest BCUT2D eigenvalue weighted by Gasteiger charge is -2.10. The average molecular weight is 223 g/mol. The molecule has 1 heterocycles. The van der Waals surface area contributed by atoms with Crippen LogP contribution in [0.5, 0.6) is 0 Å². The van der Waals surface area contributed by atoms with E-state index < -0.39 is 0 Å². The highest BCUT2D eigenvalue weighted by Gasteiger charge is 2.13. The molecule has 0 aliphatic heterocycles. The zero-order valence-corrected chi connectivity index (χ0v) is 9.38. The third-order valence-corrected chi connectivity index (χ3v) is 2.69. The molecule has 3 nitrogen and oxygen atoms in total. The van der Waals surface area contributed by atoms with Crippen LogP contribution in [-0.2, 0) is 6.42 Å². The predicted molar refractivity (Wildman–Crippen MR) is 59.8 cm³/mol. The van der Waals surface area contributed by atoms with Gasteiger partial charge in [-0.1, -0.05) is 18.5 Å². The summed E-state index contributed by atoms with van der Waals surface area (Å²) in [6.45, 7) is 3.70. The average Bonchev–Trinajstić information content (AvgIpc) is 2.24. The van der Waals surface area contributed by atoms with E-state index >= 15 is 0 Å². The van der Waals surface area contributed by atoms with Gasteiger partial charge in [-0.15, -0.1) is 0 Å². The van der Waals surface area contributed by atoms with Gasteiger partial charge in [-0.2, -0.15) is 0 Å². The van der Waals surface area contributed by atoms with E-state index in [1.807, 2.05) is 13.0 Å². The Hall–Kier alpha value is -1.35. The van der Waals surface area contributed by atoms with E-state index in [9.17, 15) is 5.21 Å². The Morgan fingerprint density at radius 3 is 2.87 bits per heavy atom. The highest BCUT2D eigenvalue weighted by atomic mass is 35.5. The maximum absolute atomic E-state index is 11.7. The Morgan fingerprint density at radius 1 is 1.47 bits per heavy atom. The molecule has 0 fully saturated rings. The van der Waals surface area contributed by atoms with Gasteiger partial charge in [-0.3, -0.25) is 0 Å². The van der Waals surface area contributed by atoms with Crippen LogP contribution in [0.25, 0.3) is 10.9 Å². The van der Waals surface area contributed by atoms with Crippen LogP contribution in [0.2, 0.25) is 5.02 Å². The molecule has 15 heavy (non-hydrogen) atoms. The van der Waals surface area contributed by atoms with Gasteiger partial charge >= 0.3 is 5.82 Å². The summed E-state index contributed by atoms with van der Waals surface area (Å²) in [4.78, 5) is 4.29. The number of hydrogen-bond acceptors (Lipinski definition) is 2. The van der Waals surface area contributed by atoms with Gasteiger partial charge in [0, 0.05) is 5.02 Å². The molecular weight excluding hydrogens is 212 g/mol. The summed E-state index contributed by atoms with van der Waals surface area (Å²) in [7, 11) is 0. The standard InChI is InChI=1S/C11H11ClN2O/c1-3-11-13-10-5-4-8(12)6-9(10)7(2)14(11)15/h4-6H,3H2,1-2H3. The van der Waals surface area contributed by atoms with Gasteiger partial charge in [0.05, 0.1) is 11.8 Å². The SMILES string of the molecule is CCc1nc2ccc(Cl)cc2c(C)[n+]1[O-]. The molecule has 0 N–H and O–H groups in total. The minimum atomic E-state index is 0.544. The zero-order valence-electron chi connectivity index (χ0n) is 8.62. The summed E-state index contributed by atoms with van der Waals surface area (Å²) in [5.74, 6) is 0.544. The molecule has 4 heteroatoms. The summed E-state index contributed by atoms with van der Waals surface area (Å²) >= 11 is 5.88. The third-order valence-electron chi connectivity index (χ3n) is 2.45. The predicted octanol–water partition coefficient (Wildman–Crippen LogP) is 2.39. The first-order chi connectivity index (χ1) is 7.13. The molecule has 0 radical (unpaired) electrons. The highest BCUT2D eigenvalue weighted by molar-refractivity contribution is 6.31. The smallest absolute Gasteiger partial charge is 0.301 e. The molecule has 0 aliphatic carbocycles. The maximum atomic E-state index is 11.7. The number of nitrogens with zero attached hydrogens (tertiary/aromatic N) is 2. The van der Waals surface area contributed by atoms with Crippen molar-refractivity contribution in [1.29, 1.82) is 0 Å². The molecule has 0 atom stereocenters. The van der Waals surface area contributed by atoms with Gasteiger partial charge < -0.3 is 5.21 Å². The van der Waals surface area contributed by atoms with Crippen LogP contribution >= 0.6 is 11.6 Å². The summed E-state index contributed by atoms with van der Waals surface area (Å²) in [5, 5.41) is 13.2. The maximum Gasteiger partial charge on any atom is 0.301 e. The van der Waals surface area contributed by atoms with Crippen LogP contribution in [0, 0.1) is 12.1 Å². The van der Waals surface area contributed by atoms with E-state index in [2.05, 4.69) is 4.98 Å². The van der Waals surface area contributed by atoms with Crippen molar-refractivity contribution in [2.75, 3.05) is 0 Å². The van der Waals surface area contributed by atoms with E-state index in [0.29, 0.717) is 23.0 Å². The summed E-state index contributed by atoms with van der Waals surface area (Å²) in [6, 6.07) is 5.39. The molecule has 0 saturated carbocycles. The van der Waals surface area contributed by atoms with Crippen molar-refractivity contribution in [1.82, 2.24) is 4.98 Å². The lowest BCUT2D eigenvalue weighted by Crippen LogP contribution is -2.36. The van der Waals surface area contributed by atoms with Crippen molar-refractivity contribution < 1.29 is 4.73 Å². The quantitative estimate of drug-likeness (QED) is 0.549. The second-order valence-electron chi connectivity index (χ2n) is 3.42. The van der Waals surface area contributed by atoms with E-state index in [1.165, 1.54) is 0 Å². The normalized spacial score (nSPS) is 10.9. The van der Waals surface area contributed by atoms with Gasteiger partial charge in [0.25, 0.3) is 0 Å². The Labute approximate surface area is 92.9 Å². The zero-order chi connectivity index (χ0) is 11.0. The Kier molecular flexibility index (Phi) is 2.49. The van der Waals surface area contributed by atoms with Crippen molar-refractivity contribution >= 4 is 22.5 Å². The summed E-state index contributed by atoms with van der Waals surface area (Å²) < 4.78 is 0.874. The molecule has 0 unspecified atom stereocenters. The number of benzene rings is 1. The fourth-order valence-corrected chi connectivity index (χ4v) is 1.78. The molecule has 0 amide bonds. The van der Waals surface area contributed by atoms with Crippen LogP contribution < -0.4 is 4.73 Å². The van der Waals surface area contributed by atoms with E-state index in [4.69, 9.17) is 11.6 Å². The first-order valence-corrected chi connectivity index (χ1v) is 5.19. The number of hydrogen-bond donors (Lipinski definition) is 0. The van der Waals surface area contributed by atoms with Gasteiger partial charge in [-0.25, -0.2) is 4.73 Å². The first-order valence-electron chi connectivity index (χ1n) is 4.81. The lowest BCUT2D eigenvalue weighted by atomic mass is 10.2.